The van der Waals surface area contributed by atoms with Gasteiger partial charge in [-0.2, -0.15) is 0 Å². The van der Waals surface area contributed by atoms with Crippen molar-refractivity contribution < 1.29 is 19.4 Å². The number of halogens is 1. The van der Waals surface area contributed by atoms with Crippen LogP contribution in [0.15, 0.2) is 48.5 Å². The van der Waals surface area contributed by atoms with Crippen LogP contribution in [0.3, 0.4) is 0 Å². The van der Waals surface area contributed by atoms with Gasteiger partial charge in [-0.3, -0.25) is 0 Å². The van der Waals surface area contributed by atoms with Gasteiger partial charge < -0.3 is 14.6 Å². The van der Waals surface area contributed by atoms with Gasteiger partial charge in [0, 0.05) is 12.5 Å². The minimum atomic E-state index is -1.02. The molecule has 0 saturated heterocycles. The summed E-state index contributed by atoms with van der Waals surface area (Å²) in [5.41, 5.74) is 1.80. The first-order valence-electron chi connectivity index (χ1n) is 7.05. The minimum Gasteiger partial charge on any atom is -0.493 e. The molecule has 2 rings (SSSR count). The van der Waals surface area contributed by atoms with Gasteiger partial charge in [-0.15, -0.1) is 0 Å². The molecule has 23 heavy (non-hydrogen) atoms. The second-order valence-electron chi connectivity index (χ2n) is 4.79. The Morgan fingerprint density at radius 2 is 2.00 bits per heavy atom. The second-order valence-corrected chi connectivity index (χ2v) is 5.20. The number of aliphatic carboxylic acids is 1. The molecule has 4 nitrogen and oxygen atoms in total. The number of ether oxygens (including phenoxy) is 2. The Bertz CT molecular complexity index is 696. The lowest BCUT2D eigenvalue weighted by atomic mass is 10.1. The molecule has 0 bridgehead atoms. The summed E-state index contributed by atoms with van der Waals surface area (Å²) < 4.78 is 11.0. The van der Waals surface area contributed by atoms with Crippen LogP contribution in [-0.4, -0.2) is 24.8 Å². The lowest BCUT2D eigenvalue weighted by molar-refractivity contribution is -0.131. The number of carboxylic acid groups (broad SMARTS) is 1. The first-order valence-corrected chi connectivity index (χ1v) is 7.43. The van der Waals surface area contributed by atoms with Gasteiger partial charge in [0.15, 0.2) is 11.5 Å². The summed E-state index contributed by atoms with van der Waals surface area (Å²) in [6.07, 6.45) is 3.24. The van der Waals surface area contributed by atoms with E-state index in [2.05, 4.69) is 0 Å². The van der Waals surface area contributed by atoms with Crippen LogP contribution < -0.4 is 9.47 Å². The third kappa shape index (κ3) is 5.04. The summed E-state index contributed by atoms with van der Waals surface area (Å²) >= 11 is 6.22. The molecule has 0 fully saturated rings. The highest BCUT2D eigenvalue weighted by atomic mass is 35.5. The Morgan fingerprint density at radius 1 is 1.26 bits per heavy atom. The van der Waals surface area contributed by atoms with E-state index in [1.54, 1.807) is 12.1 Å². The third-order valence-corrected chi connectivity index (χ3v) is 3.43. The molecule has 0 radical (unpaired) electrons. The topological polar surface area (TPSA) is 55.8 Å². The highest BCUT2D eigenvalue weighted by molar-refractivity contribution is 6.32. The van der Waals surface area contributed by atoms with Crippen molar-refractivity contribution in [1.82, 2.24) is 0 Å². The number of carboxylic acids is 1. The minimum absolute atomic E-state index is 0.377. The van der Waals surface area contributed by atoms with E-state index >= 15 is 0 Å². The fraction of sp³-hybridized carbons (Fsp3) is 0.167. The summed E-state index contributed by atoms with van der Waals surface area (Å²) in [5.74, 6) is -0.101. The molecule has 0 aliphatic rings. The largest absolute Gasteiger partial charge is 0.493 e. The zero-order valence-electron chi connectivity index (χ0n) is 12.7. The van der Waals surface area contributed by atoms with Gasteiger partial charge >= 0.3 is 5.97 Å². The van der Waals surface area contributed by atoms with E-state index in [0.717, 1.165) is 12.5 Å². The molecule has 120 valence electrons. The number of rotatable bonds is 7. The highest BCUT2D eigenvalue weighted by Gasteiger charge is 2.11. The first-order chi connectivity index (χ1) is 11.1. The normalized spacial score (nSPS) is 10.7. The Morgan fingerprint density at radius 3 is 2.65 bits per heavy atom. The van der Waals surface area contributed by atoms with E-state index in [4.69, 9.17) is 26.2 Å². The second kappa shape index (κ2) is 8.25. The van der Waals surface area contributed by atoms with Crippen LogP contribution in [0.25, 0.3) is 6.08 Å². The molecule has 1 N–H and O–H groups in total. The van der Waals surface area contributed by atoms with Gasteiger partial charge in [-0.1, -0.05) is 41.9 Å². The van der Waals surface area contributed by atoms with Gasteiger partial charge in [0.05, 0.1) is 18.7 Å². The number of carbonyl (C=O) groups is 1. The SMILES string of the molecule is COc1cc(/C=C/C(=O)O)cc(Cl)c1OCCc1ccccc1. The molecule has 0 spiro atoms. The summed E-state index contributed by atoms with van der Waals surface area (Å²) in [6, 6.07) is 13.3. The maximum Gasteiger partial charge on any atom is 0.328 e. The summed E-state index contributed by atoms with van der Waals surface area (Å²) in [5, 5.41) is 9.05. The maximum absolute atomic E-state index is 10.6. The fourth-order valence-corrected chi connectivity index (χ4v) is 2.33. The molecule has 0 aromatic heterocycles. The first kappa shape index (κ1) is 16.9. The van der Waals surface area contributed by atoms with Crippen molar-refractivity contribution in [2.45, 2.75) is 6.42 Å². The predicted molar refractivity (Wildman–Crippen MR) is 90.3 cm³/mol. The Labute approximate surface area is 139 Å². The fourth-order valence-electron chi connectivity index (χ4n) is 2.06. The number of hydrogen-bond donors (Lipinski definition) is 1. The molecule has 0 heterocycles. The van der Waals surface area contributed by atoms with Crippen molar-refractivity contribution in [2.75, 3.05) is 13.7 Å². The zero-order chi connectivity index (χ0) is 16.7. The molecule has 0 unspecified atom stereocenters. The Balaban J connectivity index is 2.10. The average molecular weight is 333 g/mol. The van der Waals surface area contributed by atoms with Gasteiger partial charge in [-0.05, 0) is 29.3 Å². The highest BCUT2D eigenvalue weighted by Crippen LogP contribution is 2.36. The molecular formula is C18H17ClO4. The van der Waals surface area contributed by atoms with Crippen LogP contribution in [0.1, 0.15) is 11.1 Å². The lowest BCUT2D eigenvalue weighted by Crippen LogP contribution is -2.03. The number of benzene rings is 2. The van der Waals surface area contributed by atoms with E-state index in [1.807, 2.05) is 30.3 Å². The van der Waals surface area contributed by atoms with Crippen LogP contribution in [0, 0.1) is 0 Å². The Kier molecular flexibility index (Phi) is 6.06. The standard InChI is InChI=1S/C18H17ClO4/c1-22-16-12-14(7-8-17(20)21)11-15(19)18(16)23-10-9-13-5-3-2-4-6-13/h2-8,11-12H,9-10H2,1H3,(H,20,21)/b8-7+. The zero-order valence-corrected chi connectivity index (χ0v) is 13.4. The smallest absolute Gasteiger partial charge is 0.328 e. The summed E-state index contributed by atoms with van der Waals surface area (Å²) in [7, 11) is 1.51. The van der Waals surface area contributed by atoms with Crippen molar-refractivity contribution in [1.29, 1.82) is 0 Å². The summed E-state index contributed by atoms with van der Waals surface area (Å²) in [6.45, 7) is 0.463. The van der Waals surface area contributed by atoms with E-state index in [9.17, 15) is 4.79 Å². The molecule has 0 amide bonds. The monoisotopic (exact) mass is 332 g/mol. The molecule has 0 aliphatic heterocycles. The van der Waals surface area contributed by atoms with Crippen LogP contribution in [0.4, 0.5) is 0 Å². The van der Waals surface area contributed by atoms with Crippen molar-refractivity contribution in [3.05, 3.63) is 64.7 Å². The van der Waals surface area contributed by atoms with Crippen LogP contribution in [-0.2, 0) is 11.2 Å². The molecule has 2 aromatic carbocycles. The van der Waals surface area contributed by atoms with Crippen LogP contribution in [0.5, 0.6) is 11.5 Å². The van der Waals surface area contributed by atoms with Crippen LogP contribution >= 0.6 is 11.6 Å². The summed E-state index contributed by atoms with van der Waals surface area (Å²) in [4.78, 5) is 10.6. The molecule has 0 aliphatic carbocycles. The van der Waals surface area contributed by atoms with Crippen molar-refractivity contribution in [2.24, 2.45) is 0 Å². The molecular weight excluding hydrogens is 316 g/mol. The third-order valence-electron chi connectivity index (χ3n) is 3.15. The molecule has 0 saturated carbocycles. The van der Waals surface area contributed by atoms with Crippen LogP contribution in [0.2, 0.25) is 5.02 Å². The van der Waals surface area contributed by atoms with E-state index in [0.29, 0.717) is 28.7 Å². The van der Waals surface area contributed by atoms with Crippen molar-refractivity contribution in [3.63, 3.8) is 0 Å². The molecule has 0 atom stereocenters. The average Bonchev–Trinajstić information content (AvgIpc) is 2.55. The van der Waals surface area contributed by atoms with Gasteiger partial charge in [0.1, 0.15) is 0 Å². The Hall–Kier alpha value is -2.46. The number of methoxy groups -OCH3 is 1. The lowest BCUT2D eigenvalue weighted by Gasteiger charge is -2.13. The maximum atomic E-state index is 10.6. The van der Waals surface area contributed by atoms with E-state index in [-0.39, 0.29) is 0 Å². The van der Waals surface area contributed by atoms with Gasteiger partial charge in [-0.25, -0.2) is 4.79 Å². The molecule has 5 heteroatoms. The van der Waals surface area contributed by atoms with Crippen molar-refractivity contribution in [3.8, 4) is 11.5 Å². The number of hydrogen-bond acceptors (Lipinski definition) is 3. The predicted octanol–water partition coefficient (Wildman–Crippen LogP) is 4.07. The molecule has 2 aromatic rings. The van der Waals surface area contributed by atoms with E-state index in [1.165, 1.54) is 18.7 Å². The van der Waals surface area contributed by atoms with Crippen molar-refractivity contribution >= 4 is 23.6 Å². The quantitative estimate of drug-likeness (QED) is 0.777. The van der Waals surface area contributed by atoms with E-state index < -0.39 is 5.97 Å². The van der Waals surface area contributed by atoms with Gasteiger partial charge in [0.25, 0.3) is 0 Å². The van der Waals surface area contributed by atoms with Gasteiger partial charge in [0.2, 0.25) is 0 Å².